The minimum atomic E-state index is 0.492. The highest BCUT2D eigenvalue weighted by atomic mass is 127. The van der Waals surface area contributed by atoms with Crippen LogP contribution in [0.1, 0.15) is 12.8 Å². The van der Waals surface area contributed by atoms with E-state index in [-0.39, 0.29) is 0 Å². The third kappa shape index (κ3) is 3.71. The van der Waals surface area contributed by atoms with E-state index in [9.17, 15) is 0 Å². The first-order valence-electron chi connectivity index (χ1n) is 7.21. The number of hydrogen-bond acceptors (Lipinski definition) is 2. The number of likely N-dealkylation sites (tertiary alicyclic amines) is 1. The molecule has 2 saturated heterocycles. The Morgan fingerprint density at radius 1 is 1.29 bits per heavy atom. The van der Waals surface area contributed by atoms with Crippen LogP contribution in [0.25, 0.3) is 0 Å². The van der Waals surface area contributed by atoms with Crippen molar-refractivity contribution in [3.05, 3.63) is 30.3 Å². The second-order valence-corrected chi connectivity index (χ2v) is 7.68. The van der Waals surface area contributed by atoms with E-state index in [1.165, 1.54) is 12.8 Å². The maximum Gasteiger partial charge on any atom is 0.229 e. The predicted molar refractivity (Wildman–Crippen MR) is 99.8 cm³/mol. The van der Waals surface area contributed by atoms with Gasteiger partial charge in [0.15, 0.2) is 5.17 Å². The molecule has 2 aliphatic heterocycles. The number of benzene rings is 1. The van der Waals surface area contributed by atoms with Gasteiger partial charge < -0.3 is 9.80 Å². The van der Waals surface area contributed by atoms with Gasteiger partial charge in [0.1, 0.15) is 0 Å². The first-order valence-corrected chi connectivity index (χ1v) is 9.44. The minimum absolute atomic E-state index is 0.492. The number of nitrogens with zero attached hydrogens (tertiary/aromatic N) is 4. The smallest absolute Gasteiger partial charge is 0.229 e. The van der Waals surface area contributed by atoms with E-state index in [0.29, 0.717) is 4.05 Å². The van der Waals surface area contributed by atoms with Gasteiger partial charge in [-0.3, -0.25) is 0 Å². The Balaban J connectivity index is 1.93. The molecule has 2 aliphatic rings. The summed E-state index contributed by atoms with van der Waals surface area (Å²) in [5.41, 5.74) is 0.970. The zero-order chi connectivity index (χ0) is 14.7. The van der Waals surface area contributed by atoms with Crippen molar-refractivity contribution in [3.8, 4) is 0 Å². The molecule has 0 spiro atoms. The molecule has 0 amide bonds. The molecule has 0 aliphatic carbocycles. The third-order valence-corrected chi connectivity index (χ3v) is 5.94. The maximum atomic E-state index is 4.86. The zero-order valence-corrected chi connectivity index (χ0v) is 15.0. The highest BCUT2D eigenvalue weighted by molar-refractivity contribution is 14.1. The third-order valence-electron chi connectivity index (χ3n) is 3.60. The quantitative estimate of drug-likeness (QED) is 0.232. The van der Waals surface area contributed by atoms with Crippen molar-refractivity contribution in [3.63, 3.8) is 0 Å². The molecule has 3 rings (SSSR count). The van der Waals surface area contributed by atoms with E-state index >= 15 is 0 Å². The van der Waals surface area contributed by atoms with Crippen molar-refractivity contribution in [1.29, 1.82) is 0 Å². The van der Waals surface area contributed by atoms with Gasteiger partial charge in [-0.1, -0.05) is 52.6 Å². The summed E-state index contributed by atoms with van der Waals surface area (Å²) in [6, 6.07) is 10.1. The van der Waals surface area contributed by atoms with Gasteiger partial charge in [0.05, 0.1) is 9.74 Å². The van der Waals surface area contributed by atoms with Gasteiger partial charge in [-0.25, -0.2) is 4.99 Å². The van der Waals surface area contributed by atoms with Gasteiger partial charge in [-0.15, -0.1) is 0 Å². The number of hydrogen-bond donors (Lipinski definition) is 0. The summed E-state index contributed by atoms with van der Waals surface area (Å²) in [6.45, 7) is 2.11. The summed E-state index contributed by atoms with van der Waals surface area (Å²) in [5.74, 6) is 1.97. The Morgan fingerprint density at radius 2 is 2.10 bits per heavy atom. The number of guanidine groups is 1. The Kier molecular flexibility index (Phi) is 5.05. The van der Waals surface area contributed by atoms with Crippen LogP contribution in [-0.2, 0) is 0 Å². The van der Waals surface area contributed by atoms with Crippen molar-refractivity contribution in [2.45, 2.75) is 16.9 Å². The topological polar surface area (TPSA) is 31.2 Å². The molecule has 0 aromatic heterocycles. The zero-order valence-electron chi connectivity index (χ0n) is 12.1. The molecule has 2 fully saturated rings. The molecule has 2 heterocycles. The van der Waals surface area contributed by atoms with Crippen molar-refractivity contribution in [2.75, 3.05) is 25.9 Å². The van der Waals surface area contributed by atoms with Gasteiger partial charge in [0, 0.05) is 25.9 Å². The number of aliphatic imine (C=N–C) groups is 2. The normalized spacial score (nSPS) is 25.1. The van der Waals surface area contributed by atoms with Crippen LogP contribution in [0.5, 0.6) is 0 Å². The molecule has 6 heteroatoms. The molecule has 0 N–H and O–H groups in total. The first kappa shape index (κ1) is 15.1. The summed E-state index contributed by atoms with van der Waals surface area (Å²) in [4.78, 5) is 14.2. The molecular weight excluding hydrogens is 395 g/mol. The lowest BCUT2D eigenvalue weighted by Crippen LogP contribution is -2.32. The number of rotatable bonds is 1. The molecule has 1 aromatic rings. The van der Waals surface area contributed by atoms with Crippen LogP contribution >= 0.6 is 34.4 Å². The molecule has 0 bridgehead atoms. The number of alkyl halides is 1. The summed E-state index contributed by atoms with van der Waals surface area (Å²) < 4.78 is 0.492. The fourth-order valence-electron chi connectivity index (χ4n) is 2.41. The fourth-order valence-corrected chi connectivity index (χ4v) is 4.38. The molecular formula is C15H19IN4S. The van der Waals surface area contributed by atoms with Crippen LogP contribution in [0.15, 0.2) is 40.3 Å². The van der Waals surface area contributed by atoms with Crippen LogP contribution in [0.2, 0.25) is 0 Å². The van der Waals surface area contributed by atoms with Crippen LogP contribution in [-0.4, -0.2) is 50.9 Å². The summed E-state index contributed by atoms with van der Waals surface area (Å²) >= 11 is 4.31. The largest absolute Gasteiger partial charge is 0.353 e. The molecule has 1 aromatic carbocycles. The summed E-state index contributed by atoms with van der Waals surface area (Å²) in [5, 5.41) is 1.08. The molecule has 1 unspecified atom stereocenters. The van der Waals surface area contributed by atoms with E-state index in [1.54, 1.807) is 0 Å². The van der Waals surface area contributed by atoms with Crippen molar-refractivity contribution in [1.82, 2.24) is 9.80 Å². The Bertz CT molecular complexity index is 546. The SMILES string of the molecule is CN1CCSC1=NC(=Nc1ccccc1)N1CCCC1I. The minimum Gasteiger partial charge on any atom is -0.353 e. The van der Waals surface area contributed by atoms with E-state index in [2.05, 4.69) is 39.4 Å². The number of thioether (sulfide) groups is 1. The fraction of sp³-hybridized carbons (Fsp3) is 0.467. The van der Waals surface area contributed by atoms with Gasteiger partial charge >= 0.3 is 0 Å². The highest BCUT2D eigenvalue weighted by Crippen LogP contribution is 2.26. The molecule has 0 radical (unpaired) electrons. The predicted octanol–water partition coefficient (Wildman–Crippen LogP) is 3.57. The molecule has 4 nitrogen and oxygen atoms in total. The highest BCUT2D eigenvalue weighted by Gasteiger charge is 2.26. The van der Waals surface area contributed by atoms with Crippen LogP contribution in [0.4, 0.5) is 5.69 Å². The Labute approximate surface area is 143 Å². The monoisotopic (exact) mass is 414 g/mol. The van der Waals surface area contributed by atoms with Gasteiger partial charge in [0.2, 0.25) is 5.96 Å². The second-order valence-electron chi connectivity index (χ2n) is 5.18. The lowest BCUT2D eigenvalue weighted by Gasteiger charge is -2.22. The number of amidine groups is 1. The molecule has 21 heavy (non-hydrogen) atoms. The van der Waals surface area contributed by atoms with E-state index < -0.39 is 0 Å². The standard InChI is InChI=1S/C15H19IN4S/c1-19-10-11-21-15(19)18-14(20-9-5-8-13(20)16)17-12-6-3-2-4-7-12/h2-4,6-7,13H,5,8-11H2,1H3. The van der Waals surface area contributed by atoms with E-state index in [0.717, 1.165) is 35.7 Å². The molecule has 1 atom stereocenters. The molecule has 0 saturated carbocycles. The lowest BCUT2D eigenvalue weighted by atomic mass is 10.3. The van der Waals surface area contributed by atoms with Crippen LogP contribution in [0.3, 0.4) is 0 Å². The summed E-state index contributed by atoms with van der Waals surface area (Å²) in [6.07, 6.45) is 2.43. The Morgan fingerprint density at radius 3 is 2.71 bits per heavy atom. The van der Waals surface area contributed by atoms with Crippen molar-refractivity contribution in [2.24, 2.45) is 9.98 Å². The van der Waals surface area contributed by atoms with Crippen molar-refractivity contribution < 1.29 is 0 Å². The van der Waals surface area contributed by atoms with Crippen LogP contribution < -0.4 is 0 Å². The van der Waals surface area contributed by atoms with E-state index in [1.807, 2.05) is 42.1 Å². The lowest BCUT2D eigenvalue weighted by molar-refractivity contribution is 0.495. The molecule has 112 valence electrons. The van der Waals surface area contributed by atoms with Crippen molar-refractivity contribution >= 4 is 51.2 Å². The average molecular weight is 414 g/mol. The number of halogens is 1. The van der Waals surface area contributed by atoms with Crippen LogP contribution in [0, 0.1) is 0 Å². The average Bonchev–Trinajstić information content (AvgIpc) is 3.08. The van der Waals surface area contributed by atoms with Gasteiger partial charge in [0.25, 0.3) is 0 Å². The van der Waals surface area contributed by atoms with Gasteiger partial charge in [-0.05, 0) is 25.0 Å². The van der Waals surface area contributed by atoms with Gasteiger partial charge in [-0.2, -0.15) is 4.99 Å². The summed E-state index contributed by atoms with van der Waals surface area (Å²) in [7, 11) is 2.10. The Hall–Kier alpha value is -0.760. The van der Waals surface area contributed by atoms with E-state index in [4.69, 9.17) is 9.98 Å². The number of para-hydroxylation sites is 1. The maximum absolute atomic E-state index is 4.86. The first-order chi connectivity index (χ1) is 10.2. The second kappa shape index (κ2) is 7.00.